The fraction of sp³-hybridized carbons (Fsp3) is 0.350. The van der Waals surface area contributed by atoms with Gasteiger partial charge in [0.2, 0.25) is 0 Å². The number of carbonyl (C=O) groups excluding carboxylic acids is 1. The summed E-state index contributed by atoms with van der Waals surface area (Å²) in [4.78, 5) is 12.1. The SMILES string of the molecule is CCC(CO)NCc1ccccc1OCC(=O)Nc1ccc(C)cc1. The maximum Gasteiger partial charge on any atom is 0.262 e. The molecule has 2 aromatic rings. The highest BCUT2D eigenvalue weighted by Gasteiger charge is 2.09. The fourth-order valence-electron chi connectivity index (χ4n) is 2.36. The van der Waals surface area contributed by atoms with Crippen molar-refractivity contribution in [1.29, 1.82) is 0 Å². The average molecular weight is 342 g/mol. The minimum Gasteiger partial charge on any atom is -0.483 e. The molecule has 1 atom stereocenters. The van der Waals surface area contributed by atoms with Crippen LogP contribution in [0.3, 0.4) is 0 Å². The Morgan fingerprint density at radius 3 is 2.56 bits per heavy atom. The molecule has 0 bridgehead atoms. The van der Waals surface area contributed by atoms with Crippen LogP contribution in [0.1, 0.15) is 24.5 Å². The normalized spacial score (nSPS) is 11.8. The van der Waals surface area contributed by atoms with Gasteiger partial charge in [0.05, 0.1) is 6.61 Å². The maximum absolute atomic E-state index is 12.1. The minimum absolute atomic E-state index is 0.0535. The van der Waals surface area contributed by atoms with Crippen LogP contribution >= 0.6 is 0 Å². The number of anilines is 1. The first kappa shape index (κ1) is 19.0. The van der Waals surface area contributed by atoms with E-state index in [0.29, 0.717) is 12.3 Å². The van der Waals surface area contributed by atoms with Crippen LogP contribution in [0.15, 0.2) is 48.5 Å². The molecule has 134 valence electrons. The number of carbonyl (C=O) groups is 1. The predicted octanol–water partition coefficient (Wildman–Crippen LogP) is 2.87. The Balaban J connectivity index is 1.89. The number of amides is 1. The number of aliphatic hydroxyl groups is 1. The summed E-state index contributed by atoms with van der Waals surface area (Å²) < 4.78 is 5.68. The molecule has 1 unspecified atom stereocenters. The zero-order valence-corrected chi connectivity index (χ0v) is 14.8. The average Bonchev–Trinajstić information content (AvgIpc) is 2.63. The van der Waals surface area contributed by atoms with Crippen LogP contribution in [0.25, 0.3) is 0 Å². The minimum atomic E-state index is -0.201. The molecule has 0 spiro atoms. The zero-order chi connectivity index (χ0) is 18.1. The third-order valence-electron chi connectivity index (χ3n) is 3.96. The van der Waals surface area contributed by atoms with Gasteiger partial charge in [-0.3, -0.25) is 4.79 Å². The van der Waals surface area contributed by atoms with Crippen LogP contribution in [-0.2, 0) is 11.3 Å². The molecule has 5 nitrogen and oxygen atoms in total. The first-order valence-corrected chi connectivity index (χ1v) is 8.53. The van der Waals surface area contributed by atoms with Crippen molar-refractivity contribution in [2.45, 2.75) is 32.9 Å². The Hall–Kier alpha value is -2.37. The monoisotopic (exact) mass is 342 g/mol. The first-order valence-electron chi connectivity index (χ1n) is 8.53. The van der Waals surface area contributed by atoms with Crippen molar-refractivity contribution in [3.63, 3.8) is 0 Å². The van der Waals surface area contributed by atoms with Gasteiger partial charge in [-0.2, -0.15) is 0 Å². The van der Waals surface area contributed by atoms with Crippen molar-refractivity contribution in [3.8, 4) is 5.75 Å². The van der Waals surface area contributed by atoms with E-state index >= 15 is 0 Å². The highest BCUT2D eigenvalue weighted by Crippen LogP contribution is 2.18. The molecule has 3 N–H and O–H groups in total. The van der Waals surface area contributed by atoms with Gasteiger partial charge in [-0.05, 0) is 31.5 Å². The van der Waals surface area contributed by atoms with E-state index in [-0.39, 0.29) is 25.2 Å². The molecule has 1 amide bonds. The summed E-state index contributed by atoms with van der Waals surface area (Å²) in [7, 11) is 0. The lowest BCUT2D eigenvalue weighted by molar-refractivity contribution is -0.118. The summed E-state index contributed by atoms with van der Waals surface area (Å²) in [5.41, 5.74) is 2.85. The van der Waals surface area contributed by atoms with Crippen molar-refractivity contribution in [2.75, 3.05) is 18.5 Å². The lowest BCUT2D eigenvalue weighted by atomic mass is 10.1. The molecule has 5 heteroatoms. The largest absolute Gasteiger partial charge is 0.483 e. The molecule has 0 aliphatic heterocycles. The van der Waals surface area contributed by atoms with Crippen LogP contribution in [0.2, 0.25) is 0 Å². The number of rotatable bonds is 9. The molecule has 0 saturated carbocycles. The van der Waals surface area contributed by atoms with Gasteiger partial charge in [-0.15, -0.1) is 0 Å². The molecule has 2 rings (SSSR count). The van der Waals surface area contributed by atoms with E-state index in [0.717, 1.165) is 23.2 Å². The van der Waals surface area contributed by atoms with E-state index in [4.69, 9.17) is 4.74 Å². The van der Waals surface area contributed by atoms with Gasteiger partial charge in [-0.1, -0.05) is 42.8 Å². The Labute approximate surface area is 149 Å². The van der Waals surface area contributed by atoms with Crippen molar-refractivity contribution < 1.29 is 14.6 Å². The number of aliphatic hydroxyl groups excluding tert-OH is 1. The highest BCUT2D eigenvalue weighted by atomic mass is 16.5. The van der Waals surface area contributed by atoms with Crippen molar-refractivity contribution in [3.05, 3.63) is 59.7 Å². The van der Waals surface area contributed by atoms with Gasteiger partial charge < -0.3 is 20.5 Å². The summed E-state index contributed by atoms with van der Waals surface area (Å²) in [6.45, 7) is 4.64. The van der Waals surface area contributed by atoms with E-state index < -0.39 is 0 Å². The first-order chi connectivity index (χ1) is 12.1. The topological polar surface area (TPSA) is 70.6 Å². The summed E-state index contributed by atoms with van der Waals surface area (Å²) in [5.74, 6) is 0.468. The molecule has 2 aromatic carbocycles. The fourth-order valence-corrected chi connectivity index (χ4v) is 2.36. The molecule has 0 saturated heterocycles. The number of ether oxygens (including phenoxy) is 1. The van der Waals surface area contributed by atoms with Crippen LogP contribution < -0.4 is 15.4 Å². The third-order valence-corrected chi connectivity index (χ3v) is 3.96. The Morgan fingerprint density at radius 1 is 1.16 bits per heavy atom. The van der Waals surface area contributed by atoms with Gasteiger partial charge in [0.1, 0.15) is 5.75 Å². The molecule has 0 radical (unpaired) electrons. The summed E-state index contributed by atoms with van der Waals surface area (Å²) in [6.07, 6.45) is 0.846. The van der Waals surface area contributed by atoms with Crippen LogP contribution in [0.5, 0.6) is 5.75 Å². The molecule has 0 fully saturated rings. The number of nitrogens with one attached hydrogen (secondary N) is 2. The van der Waals surface area contributed by atoms with Crippen LogP contribution in [0.4, 0.5) is 5.69 Å². The summed E-state index contributed by atoms with van der Waals surface area (Å²) in [6, 6.07) is 15.3. The second-order valence-electron chi connectivity index (χ2n) is 5.98. The van der Waals surface area contributed by atoms with Crippen molar-refractivity contribution in [2.24, 2.45) is 0 Å². The lowest BCUT2D eigenvalue weighted by Gasteiger charge is -2.16. The molecule has 0 aliphatic rings. The van der Waals surface area contributed by atoms with Crippen LogP contribution in [-0.4, -0.2) is 30.3 Å². The van der Waals surface area contributed by atoms with E-state index in [9.17, 15) is 9.90 Å². The number of benzene rings is 2. The van der Waals surface area contributed by atoms with Crippen molar-refractivity contribution >= 4 is 11.6 Å². The molecule has 0 aromatic heterocycles. The van der Waals surface area contributed by atoms with Gasteiger partial charge in [0.25, 0.3) is 5.91 Å². The molecule has 25 heavy (non-hydrogen) atoms. The number of para-hydroxylation sites is 1. The summed E-state index contributed by atoms with van der Waals surface area (Å²) in [5, 5.41) is 15.4. The number of hydrogen-bond acceptors (Lipinski definition) is 4. The van der Waals surface area contributed by atoms with E-state index in [1.165, 1.54) is 0 Å². The number of aryl methyl sites for hydroxylation is 1. The second-order valence-corrected chi connectivity index (χ2v) is 5.98. The van der Waals surface area contributed by atoms with Crippen LogP contribution in [0, 0.1) is 6.92 Å². The predicted molar refractivity (Wildman–Crippen MR) is 99.8 cm³/mol. The highest BCUT2D eigenvalue weighted by molar-refractivity contribution is 5.91. The van der Waals surface area contributed by atoms with E-state index in [2.05, 4.69) is 10.6 Å². The van der Waals surface area contributed by atoms with Gasteiger partial charge in [0, 0.05) is 23.8 Å². The van der Waals surface area contributed by atoms with Gasteiger partial charge >= 0.3 is 0 Å². The summed E-state index contributed by atoms with van der Waals surface area (Å²) >= 11 is 0. The van der Waals surface area contributed by atoms with E-state index in [1.807, 2.05) is 62.4 Å². The van der Waals surface area contributed by atoms with Crippen molar-refractivity contribution in [1.82, 2.24) is 5.32 Å². The zero-order valence-electron chi connectivity index (χ0n) is 14.8. The molecule has 0 heterocycles. The molecule has 0 aliphatic carbocycles. The standard InChI is InChI=1S/C20H26N2O3/c1-3-17(13-23)21-12-16-6-4-5-7-19(16)25-14-20(24)22-18-10-8-15(2)9-11-18/h4-11,17,21,23H,3,12-14H2,1-2H3,(H,22,24). The third kappa shape index (κ3) is 6.21. The quantitative estimate of drug-likeness (QED) is 0.655. The number of hydrogen-bond donors (Lipinski definition) is 3. The maximum atomic E-state index is 12.1. The molecular formula is C20H26N2O3. The lowest BCUT2D eigenvalue weighted by Crippen LogP contribution is -2.31. The Morgan fingerprint density at radius 2 is 1.88 bits per heavy atom. The smallest absolute Gasteiger partial charge is 0.262 e. The van der Waals surface area contributed by atoms with Gasteiger partial charge in [-0.25, -0.2) is 0 Å². The van der Waals surface area contributed by atoms with E-state index in [1.54, 1.807) is 0 Å². The Bertz CT molecular complexity index is 667. The van der Waals surface area contributed by atoms with Gasteiger partial charge in [0.15, 0.2) is 6.61 Å². The molecular weight excluding hydrogens is 316 g/mol. The Kier molecular flexibility index (Phi) is 7.44. The second kappa shape index (κ2) is 9.81.